The summed E-state index contributed by atoms with van der Waals surface area (Å²) in [7, 11) is 0. The van der Waals surface area contributed by atoms with Gasteiger partial charge in [0.15, 0.2) is 0 Å². The second kappa shape index (κ2) is 4.58. The van der Waals surface area contributed by atoms with Crippen LogP contribution in [0.25, 0.3) is 5.57 Å². The molecule has 0 aromatic heterocycles. The normalized spacial score (nSPS) is 10.7. The molecule has 1 rings (SSSR count). The Bertz CT molecular complexity index is 432. The van der Waals surface area contributed by atoms with Crippen LogP contribution in [0, 0.1) is 11.3 Å². The van der Waals surface area contributed by atoms with Crippen molar-refractivity contribution in [2.75, 3.05) is 0 Å². The number of halogens is 1. The van der Waals surface area contributed by atoms with E-state index in [1.807, 2.05) is 6.07 Å². The molecule has 3 nitrogen and oxygen atoms in total. The number of hydrogen-bond acceptors (Lipinski definition) is 2. The summed E-state index contributed by atoms with van der Waals surface area (Å²) in [5.74, 6) is -1.12. The van der Waals surface area contributed by atoms with Crippen LogP contribution in [0.2, 0.25) is 0 Å². The summed E-state index contributed by atoms with van der Waals surface area (Å²) in [6.07, 6.45) is 0.891. The molecule has 0 heterocycles. The number of allylic oxidation sites excluding steroid dienone is 1. The average Bonchev–Trinajstić information content (AvgIpc) is 2.14. The molecule has 14 heavy (non-hydrogen) atoms. The number of nitriles is 1. The zero-order chi connectivity index (χ0) is 10.6. The molecule has 4 heteroatoms. The van der Waals surface area contributed by atoms with Crippen molar-refractivity contribution in [1.82, 2.24) is 0 Å². The van der Waals surface area contributed by atoms with Crippen LogP contribution in [-0.4, -0.2) is 11.1 Å². The smallest absolute Gasteiger partial charge is 0.329 e. The molecule has 0 aliphatic rings. The predicted molar refractivity (Wildman–Crippen MR) is 55.4 cm³/mol. The molecular weight excluding hydrogens is 246 g/mol. The summed E-state index contributed by atoms with van der Waals surface area (Å²) >= 11 is 3.24. The molecule has 0 bridgehead atoms. The van der Waals surface area contributed by atoms with E-state index in [4.69, 9.17) is 10.4 Å². The van der Waals surface area contributed by atoms with Gasteiger partial charge in [0.2, 0.25) is 0 Å². The van der Waals surface area contributed by atoms with Crippen LogP contribution in [0.3, 0.4) is 0 Å². The predicted octanol–water partition coefficient (Wildman–Crippen LogP) is 2.44. The van der Waals surface area contributed by atoms with E-state index < -0.39 is 5.97 Å². The van der Waals surface area contributed by atoms with Gasteiger partial charge in [-0.25, -0.2) is 4.79 Å². The maximum Gasteiger partial charge on any atom is 0.329 e. The Morgan fingerprint density at radius 3 is 2.79 bits per heavy atom. The number of carboxylic acids is 1. The molecule has 0 radical (unpaired) electrons. The molecule has 0 spiro atoms. The molecule has 1 aromatic carbocycles. The van der Waals surface area contributed by atoms with Crippen molar-refractivity contribution in [3.05, 3.63) is 40.4 Å². The fourth-order valence-corrected chi connectivity index (χ4v) is 1.36. The van der Waals surface area contributed by atoms with Crippen molar-refractivity contribution in [3.8, 4) is 6.07 Å². The van der Waals surface area contributed by atoms with Gasteiger partial charge in [0.05, 0.1) is 5.57 Å². The van der Waals surface area contributed by atoms with E-state index in [2.05, 4.69) is 15.9 Å². The molecule has 0 fully saturated rings. The Kier molecular flexibility index (Phi) is 3.43. The lowest BCUT2D eigenvalue weighted by atomic mass is 10.1. The van der Waals surface area contributed by atoms with E-state index >= 15 is 0 Å². The molecule has 0 unspecified atom stereocenters. The highest BCUT2D eigenvalue weighted by Crippen LogP contribution is 2.18. The topological polar surface area (TPSA) is 61.1 Å². The highest BCUT2D eigenvalue weighted by atomic mass is 79.9. The van der Waals surface area contributed by atoms with Gasteiger partial charge in [-0.2, -0.15) is 5.26 Å². The van der Waals surface area contributed by atoms with Crippen molar-refractivity contribution in [2.24, 2.45) is 0 Å². The van der Waals surface area contributed by atoms with Crippen molar-refractivity contribution in [1.29, 1.82) is 5.26 Å². The fraction of sp³-hybridized carbons (Fsp3) is 0. The van der Waals surface area contributed by atoms with Crippen LogP contribution in [-0.2, 0) is 4.79 Å². The Morgan fingerprint density at radius 2 is 2.29 bits per heavy atom. The number of aliphatic carboxylic acids is 1. The van der Waals surface area contributed by atoms with Gasteiger partial charge in [0, 0.05) is 10.5 Å². The summed E-state index contributed by atoms with van der Waals surface area (Å²) in [6.45, 7) is 0. The Balaban J connectivity index is 3.15. The van der Waals surface area contributed by atoms with Gasteiger partial charge in [-0.3, -0.25) is 0 Å². The molecule has 1 N–H and O–H groups in total. The minimum absolute atomic E-state index is 0.138. The number of hydrogen-bond donors (Lipinski definition) is 1. The van der Waals surface area contributed by atoms with Gasteiger partial charge >= 0.3 is 5.97 Å². The Hall–Kier alpha value is -1.60. The van der Waals surface area contributed by atoms with E-state index in [0.29, 0.717) is 5.56 Å². The molecule has 0 amide bonds. The molecule has 0 aliphatic carbocycles. The van der Waals surface area contributed by atoms with Crippen LogP contribution in [0.15, 0.2) is 34.8 Å². The van der Waals surface area contributed by atoms with Crippen LogP contribution >= 0.6 is 15.9 Å². The third-order valence-corrected chi connectivity index (χ3v) is 2.02. The standard InChI is InChI=1S/C10H6BrNO2/c11-9-3-1-2-7(4-9)8(6-12)5-10(13)14/h1-5H,(H,13,14). The molecule has 0 saturated carbocycles. The zero-order valence-corrected chi connectivity index (χ0v) is 8.65. The first-order valence-corrected chi connectivity index (χ1v) is 4.53. The largest absolute Gasteiger partial charge is 0.478 e. The van der Waals surface area contributed by atoms with E-state index in [0.717, 1.165) is 10.5 Å². The van der Waals surface area contributed by atoms with Crippen molar-refractivity contribution in [2.45, 2.75) is 0 Å². The van der Waals surface area contributed by atoms with Gasteiger partial charge in [0.25, 0.3) is 0 Å². The van der Waals surface area contributed by atoms with E-state index in [9.17, 15) is 4.79 Å². The average molecular weight is 252 g/mol. The number of carboxylic acid groups (broad SMARTS) is 1. The van der Waals surface area contributed by atoms with Gasteiger partial charge in [-0.1, -0.05) is 28.1 Å². The Labute approximate surface area is 89.4 Å². The molecule has 1 aromatic rings. The molecule has 0 saturated heterocycles. The minimum atomic E-state index is -1.12. The van der Waals surface area contributed by atoms with Crippen LogP contribution in [0.1, 0.15) is 5.56 Å². The fourth-order valence-electron chi connectivity index (χ4n) is 0.960. The molecular formula is C10H6BrNO2. The van der Waals surface area contributed by atoms with Crippen molar-refractivity contribution >= 4 is 27.5 Å². The SMILES string of the molecule is N#CC(=CC(=O)O)c1cccc(Br)c1. The van der Waals surface area contributed by atoms with Gasteiger partial charge in [-0.15, -0.1) is 0 Å². The van der Waals surface area contributed by atoms with Gasteiger partial charge in [-0.05, 0) is 17.7 Å². The van der Waals surface area contributed by atoms with E-state index in [-0.39, 0.29) is 5.57 Å². The maximum atomic E-state index is 10.4. The summed E-state index contributed by atoms with van der Waals surface area (Å²) in [5.41, 5.74) is 0.725. The second-order valence-corrected chi connectivity index (χ2v) is 3.43. The van der Waals surface area contributed by atoms with E-state index in [1.165, 1.54) is 0 Å². The summed E-state index contributed by atoms with van der Waals surface area (Å²) in [6, 6.07) is 8.76. The second-order valence-electron chi connectivity index (χ2n) is 2.52. The summed E-state index contributed by atoms with van der Waals surface area (Å²) in [4.78, 5) is 10.4. The van der Waals surface area contributed by atoms with Crippen LogP contribution in [0.5, 0.6) is 0 Å². The highest BCUT2D eigenvalue weighted by Gasteiger charge is 2.02. The Morgan fingerprint density at radius 1 is 1.57 bits per heavy atom. The molecule has 0 aliphatic heterocycles. The number of carbonyl (C=O) groups is 1. The maximum absolute atomic E-state index is 10.4. The monoisotopic (exact) mass is 251 g/mol. The summed E-state index contributed by atoms with van der Waals surface area (Å²) in [5, 5.41) is 17.2. The quantitative estimate of drug-likeness (QED) is 0.649. The van der Waals surface area contributed by atoms with E-state index in [1.54, 1.807) is 24.3 Å². The summed E-state index contributed by atoms with van der Waals surface area (Å²) < 4.78 is 0.807. The van der Waals surface area contributed by atoms with Gasteiger partial charge < -0.3 is 5.11 Å². The number of nitrogens with zero attached hydrogens (tertiary/aromatic N) is 1. The first-order valence-electron chi connectivity index (χ1n) is 3.74. The molecule has 70 valence electrons. The number of benzene rings is 1. The molecule has 0 atom stereocenters. The highest BCUT2D eigenvalue weighted by molar-refractivity contribution is 9.10. The van der Waals surface area contributed by atoms with Crippen molar-refractivity contribution in [3.63, 3.8) is 0 Å². The van der Waals surface area contributed by atoms with Crippen molar-refractivity contribution < 1.29 is 9.90 Å². The third kappa shape index (κ3) is 2.71. The third-order valence-electron chi connectivity index (χ3n) is 1.52. The lowest BCUT2D eigenvalue weighted by Gasteiger charge is -1.97. The first-order chi connectivity index (χ1) is 6.63. The lowest BCUT2D eigenvalue weighted by Crippen LogP contribution is -1.90. The lowest BCUT2D eigenvalue weighted by molar-refractivity contribution is -0.131. The van der Waals surface area contributed by atoms with Crippen LogP contribution < -0.4 is 0 Å². The van der Waals surface area contributed by atoms with Crippen LogP contribution in [0.4, 0.5) is 0 Å². The zero-order valence-electron chi connectivity index (χ0n) is 7.07. The van der Waals surface area contributed by atoms with Gasteiger partial charge in [0.1, 0.15) is 6.07 Å². The number of rotatable bonds is 2. The first kappa shape index (κ1) is 10.5. The minimum Gasteiger partial charge on any atom is -0.478 e.